The van der Waals surface area contributed by atoms with Gasteiger partial charge in [0.15, 0.2) is 0 Å². The maximum atomic E-state index is 13.1. The molecule has 2 heterocycles. The fraction of sp³-hybridized carbons (Fsp3) is 0.450. The maximum Gasteiger partial charge on any atom is 0.264 e. The molecular formula is C20H22N2O2S2. The summed E-state index contributed by atoms with van der Waals surface area (Å²) in [6.45, 7) is 0.708. The van der Waals surface area contributed by atoms with Gasteiger partial charge >= 0.3 is 0 Å². The van der Waals surface area contributed by atoms with E-state index in [1.54, 1.807) is 0 Å². The Morgan fingerprint density at radius 2 is 1.92 bits per heavy atom. The van der Waals surface area contributed by atoms with Crippen LogP contribution in [0.2, 0.25) is 0 Å². The van der Waals surface area contributed by atoms with Crippen molar-refractivity contribution in [2.75, 3.05) is 11.4 Å². The average molecular weight is 387 g/mol. The number of benzene rings is 1. The molecule has 6 heteroatoms. The third-order valence-corrected chi connectivity index (χ3v) is 6.72. The Morgan fingerprint density at radius 3 is 2.65 bits per heavy atom. The third-order valence-electron chi connectivity index (χ3n) is 5.49. The van der Waals surface area contributed by atoms with Crippen molar-refractivity contribution in [2.24, 2.45) is 5.92 Å². The van der Waals surface area contributed by atoms with Crippen LogP contribution in [0.4, 0.5) is 5.69 Å². The van der Waals surface area contributed by atoms with Crippen molar-refractivity contribution in [3.8, 4) is 0 Å². The normalized spacial score (nSPS) is 23.5. The maximum absolute atomic E-state index is 13.1. The quantitative estimate of drug-likeness (QED) is 0.621. The molecule has 0 bridgehead atoms. The monoisotopic (exact) mass is 386 g/mol. The Bertz CT molecular complexity index is 797. The van der Waals surface area contributed by atoms with Crippen LogP contribution >= 0.6 is 24.0 Å². The molecule has 0 aromatic heterocycles. The number of fused-ring (bicyclic) bond motifs is 1. The number of hydrogen-bond donors (Lipinski definition) is 1. The van der Waals surface area contributed by atoms with Crippen molar-refractivity contribution in [3.63, 3.8) is 0 Å². The van der Waals surface area contributed by atoms with Crippen molar-refractivity contribution in [1.82, 2.24) is 5.32 Å². The van der Waals surface area contributed by atoms with Gasteiger partial charge in [0, 0.05) is 12.1 Å². The van der Waals surface area contributed by atoms with Crippen LogP contribution in [0.25, 0.3) is 5.57 Å². The molecule has 1 N–H and O–H groups in total. The predicted molar refractivity (Wildman–Crippen MR) is 110 cm³/mol. The van der Waals surface area contributed by atoms with Crippen molar-refractivity contribution >= 4 is 51.4 Å². The number of para-hydroxylation sites is 1. The molecule has 1 aromatic rings. The molecule has 3 aliphatic rings. The van der Waals surface area contributed by atoms with E-state index in [-0.39, 0.29) is 11.8 Å². The second-order valence-electron chi connectivity index (χ2n) is 7.17. The van der Waals surface area contributed by atoms with Crippen LogP contribution in [0.3, 0.4) is 0 Å². The molecular weight excluding hydrogens is 364 g/mol. The fourth-order valence-corrected chi connectivity index (χ4v) is 5.33. The van der Waals surface area contributed by atoms with Gasteiger partial charge in [-0.1, -0.05) is 74.3 Å². The molecule has 4 nitrogen and oxygen atoms in total. The number of nitrogens with zero attached hydrogens (tertiary/aromatic N) is 1. The van der Waals surface area contributed by atoms with E-state index < -0.39 is 0 Å². The highest BCUT2D eigenvalue weighted by atomic mass is 32.2. The molecule has 0 atom stereocenters. The lowest BCUT2D eigenvalue weighted by molar-refractivity contribution is -0.116. The van der Waals surface area contributed by atoms with Crippen LogP contribution in [-0.4, -0.2) is 22.7 Å². The van der Waals surface area contributed by atoms with Gasteiger partial charge in [-0.15, -0.1) is 0 Å². The van der Waals surface area contributed by atoms with Gasteiger partial charge in [-0.05, 0) is 24.8 Å². The van der Waals surface area contributed by atoms with Crippen LogP contribution < -0.4 is 10.2 Å². The lowest BCUT2D eigenvalue weighted by atomic mass is 9.86. The van der Waals surface area contributed by atoms with Crippen LogP contribution in [-0.2, 0) is 9.59 Å². The highest BCUT2D eigenvalue weighted by Crippen LogP contribution is 2.42. The zero-order valence-corrected chi connectivity index (χ0v) is 16.3. The first-order valence-corrected chi connectivity index (χ1v) is 10.6. The molecule has 0 unspecified atom stereocenters. The number of rotatable bonds is 4. The second-order valence-corrected chi connectivity index (χ2v) is 8.86. The van der Waals surface area contributed by atoms with Gasteiger partial charge < -0.3 is 10.2 Å². The summed E-state index contributed by atoms with van der Waals surface area (Å²) in [4.78, 5) is 27.6. The Hall–Kier alpha value is -1.66. The van der Waals surface area contributed by atoms with Gasteiger partial charge in [0.1, 0.15) is 4.32 Å². The van der Waals surface area contributed by atoms with Crippen molar-refractivity contribution in [3.05, 3.63) is 34.7 Å². The molecule has 26 heavy (non-hydrogen) atoms. The van der Waals surface area contributed by atoms with Crippen LogP contribution in [0.5, 0.6) is 0 Å². The summed E-state index contributed by atoms with van der Waals surface area (Å²) in [5, 5.41) is 2.62. The Balaban J connectivity index is 1.55. The molecule has 0 spiro atoms. The molecule has 2 amide bonds. The average Bonchev–Trinajstić information content (AvgIpc) is 3.12. The highest BCUT2D eigenvalue weighted by Gasteiger charge is 2.38. The highest BCUT2D eigenvalue weighted by molar-refractivity contribution is 8.27. The number of nitrogens with one attached hydrogen (secondary N) is 1. The molecule has 1 aliphatic carbocycles. The number of thioether (sulfide) groups is 1. The molecule has 0 radical (unpaired) electrons. The van der Waals surface area contributed by atoms with Crippen molar-refractivity contribution in [2.45, 2.75) is 44.9 Å². The van der Waals surface area contributed by atoms with E-state index in [0.29, 0.717) is 21.3 Å². The minimum atomic E-state index is -0.262. The minimum absolute atomic E-state index is 0.0720. The van der Waals surface area contributed by atoms with Gasteiger partial charge in [0.25, 0.3) is 11.8 Å². The van der Waals surface area contributed by atoms with Crippen LogP contribution in [0, 0.1) is 5.92 Å². The summed E-state index contributed by atoms with van der Waals surface area (Å²) in [5.41, 5.74) is 2.26. The number of anilines is 1. The summed E-state index contributed by atoms with van der Waals surface area (Å²) in [7, 11) is 0. The molecule has 1 saturated heterocycles. The van der Waals surface area contributed by atoms with E-state index in [2.05, 4.69) is 5.32 Å². The van der Waals surface area contributed by atoms with Gasteiger partial charge in [0.05, 0.1) is 16.2 Å². The van der Waals surface area contributed by atoms with E-state index >= 15 is 0 Å². The van der Waals surface area contributed by atoms with Crippen molar-refractivity contribution < 1.29 is 9.59 Å². The smallest absolute Gasteiger partial charge is 0.264 e. The fourth-order valence-electron chi connectivity index (χ4n) is 4.21. The SMILES string of the molecule is O=C1NC(=S)S/C1=C1\C(=O)N(CCCC2CCCCC2)c2ccccc21. The largest absolute Gasteiger partial charge is 0.308 e. The van der Waals surface area contributed by atoms with Gasteiger partial charge in [-0.3, -0.25) is 9.59 Å². The van der Waals surface area contributed by atoms with Crippen LogP contribution in [0.1, 0.15) is 50.5 Å². The number of amides is 2. The predicted octanol–water partition coefficient (Wildman–Crippen LogP) is 4.25. The molecule has 136 valence electrons. The molecule has 4 rings (SSSR count). The minimum Gasteiger partial charge on any atom is -0.308 e. The zero-order valence-electron chi connectivity index (χ0n) is 14.6. The van der Waals surface area contributed by atoms with E-state index in [0.717, 1.165) is 23.6 Å². The van der Waals surface area contributed by atoms with E-state index in [1.807, 2.05) is 29.2 Å². The number of carbonyl (C=O) groups is 2. The van der Waals surface area contributed by atoms with Gasteiger partial charge in [0.2, 0.25) is 0 Å². The summed E-state index contributed by atoms with van der Waals surface area (Å²) >= 11 is 6.28. The zero-order chi connectivity index (χ0) is 18.1. The van der Waals surface area contributed by atoms with Gasteiger partial charge in [-0.25, -0.2) is 0 Å². The van der Waals surface area contributed by atoms with E-state index in [4.69, 9.17) is 12.2 Å². The third kappa shape index (κ3) is 3.32. The molecule has 2 fully saturated rings. The molecule has 1 aromatic carbocycles. The lowest BCUT2D eigenvalue weighted by Gasteiger charge is -2.23. The number of hydrogen-bond acceptors (Lipinski definition) is 4. The Morgan fingerprint density at radius 1 is 1.15 bits per heavy atom. The molecule has 2 aliphatic heterocycles. The second kappa shape index (κ2) is 7.53. The van der Waals surface area contributed by atoms with Crippen molar-refractivity contribution in [1.29, 1.82) is 0 Å². The van der Waals surface area contributed by atoms with E-state index in [9.17, 15) is 9.59 Å². The standard InChI is InChI=1S/C20H22N2O2S2/c23-18-17(26-20(25)21-18)16-14-10-4-5-11-15(14)22(19(16)24)12-6-9-13-7-2-1-3-8-13/h4-5,10-11,13H,1-3,6-9,12H2,(H,21,23,25)/b17-16-. The Labute approximate surface area is 163 Å². The first-order valence-electron chi connectivity index (χ1n) is 9.34. The topological polar surface area (TPSA) is 49.4 Å². The summed E-state index contributed by atoms with van der Waals surface area (Å²) in [6.07, 6.45) is 8.90. The summed E-state index contributed by atoms with van der Waals surface area (Å²) in [5.74, 6) is 0.475. The number of carbonyl (C=O) groups excluding carboxylic acids is 2. The first-order chi connectivity index (χ1) is 12.6. The first kappa shape index (κ1) is 17.7. The Kier molecular flexibility index (Phi) is 5.14. The van der Waals surface area contributed by atoms with Crippen LogP contribution in [0.15, 0.2) is 29.2 Å². The lowest BCUT2D eigenvalue weighted by Crippen LogP contribution is -2.28. The molecule has 1 saturated carbocycles. The summed E-state index contributed by atoms with van der Waals surface area (Å²) < 4.78 is 0.415. The van der Waals surface area contributed by atoms with E-state index in [1.165, 1.54) is 50.3 Å². The van der Waals surface area contributed by atoms with Gasteiger partial charge in [-0.2, -0.15) is 0 Å². The number of thiocarbonyl (C=S) groups is 1. The summed E-state index contributed by atoms with van der Waals surface area (Å²) in [6, 6.07) is 7.75.